The smallest absolute Gasteiger partial charge is 0.422 e. The van der Waals surface area contributed by atoms with Gasteiger partial charge in [0, 0.05) is 0 Å². The zero-order valence-electron chi connectivity index (χ0n) is 12.5. The van der Waals surface area contributed by atoms with Crippen molar-refractivity contribution in [2.24, 2.45) is 0 Å². The van der Waals surface area contributed by atoms with Crippen molar-refractivity contribution in [3.05, 3.63) is 29.8 Å². The van der Waals surface area contributed by atoms with E-state index in [9.17, 15) is 22.8 Å². The third kappa shape index (κ3) is 7.53. The number of carboxylic acid groups (broad SMARTS) is 1. The van der Waals surface area contributed by atoms with E-state index in [4.69, 9.17) is 5.11 Å². The number of carboxylic acids is 1. The summed E-state index contributed by atoms with van der Waals surface area (Å²) in [6, 6.07) is 4.72. The second kappa shape index (κ2) is 8.40. The molecule has 1 rings (SSSR count). The fraction of sp³-hybridized carbons (Fsp3) is 0.467. The van der Waals surface area contributed by atoms with E-state index in [-0.39, 0.29) is 12.2 Å². The predicted octanol–water partition coefficient (Wildman–Crippen LogP) is 2.54. The van der Waals surface area contributed by atoms with Gasteiger partial charge >= 0.3 is 12.1 Å². The minimum Gasteiger partial charge on any atom is -0.484 e. The van der Waals surface area contributed by atoms with E-state index >= 15 is 0 Å². The van der Waals surface area contributed by atoms with Crippen LogP contribution >= 0.6 is 0 Å². The number of halogens is 3. The lowest BCUT2D eigenvalue weighted by atomic mass is 10.1. The molecule has 23 heavy (non-hydrogen) atoms. The van der Waals surface area contributed by atoms with Crippen molar-refractivity contribution in [3.8, 4) is 5.75 Å². The average Bonchev–Trinajstić information content (AvgIpc) is 2.44. The Morgan fingerprint density at radius 2 is 2.04 bits per heavy atom. The van der Waals surface area contributed by atoms with E-state index < -0.39 is 30.7 Å². The number of hydrogen-bond acceptors (Lipinski definition) is 3. The highest BCUT2D eigenvalue weighted by Crippen LogP contribution is 2.19. The summed E-state index contributed by atoms with van der Waals surface area (Å²) in [6.07, 6.45) is -3.69. The first-order valence-electron chi connectivity index (χ1n) is 7.02. The number of ether oxygens (including phenoxy) is 1. The first-order valence-corrected chi connectivity index (χ1v) is 7.02. The summed E-state index contributed by atoms with van der Waals surface area (Å²) in [6.45, 7) is 0.379. The van der Waals surface area contributed by atoms with Crippen molar-refractivity contribution in [1.82, 2.24) is 5.32 Å². The summed E-state index contributed by atoms with van der Waals surface area (Å²) in [5.74, 6) is -1.64. The fourth-order valence-corrected chi connectivity index (χ4v) is 1.89. The van der Waals surface area contributed by atoms with Crippen molar-refractivity contribution in [1.29, 1.82) is 0 Å². The van der Waals surface area contributed by atoms with Crippen LogP contribution in [-0.2, 0) is 16.0 Å². The molecule has 0 aliphatic heterocycles. The molecule has 0 aliphatic carbocycles. The maximum Gasteiger partial charge on any atom is 0.422 e. The van der Waals surface area contributed by atoms with Gasteiger partial charge in [-0.2, -0.15) is 13.2 Å². The largest absolute Gasteiger partial charge is 0.484 e. The number of rotatable bonds is 8. The van der Waals surface area contributed by atoms with Crippen molar-refractivity contribution >= 4 is 11.9 Å². The summed E-state index contributed by atoms with van der Waals surface area (Å²) < 4.78 is 40.9. The van der Waals surface area contributed by atoms with Crippen LogP contribution in [0.25, 0.3) is 0 Å². The van der Waals surface area contributed by atoms with Gasteiger partial charge in [-0.3, -0.25) is 4.79 Å². The molecule has 1 amide bonds. The minimum atomic E-state index is -4.44. The molecule has 5 nitrogen and oxygen atoms in total. The van der Waals surface area contributed by atoms with Crippen LogP contribution in [0.15, 0.2) is 24.3 Å². The lowest BCUT2D eigenvalue weighted by Crippen LogP contribution is -2.41. The number of carbonyl (C=O) groups excluding carboxylic acids is 1. The zero-order valence-corrected chi connectivity index (χ0v) is 12.5. The number of benzene rings is 1. The zero-order chi connectivity index (χ0) is 17.5. The van der Waals surface area contributed by atoms with Crippen molar-refractivity contribution in [3.63, 3.8) is 0 Å². The molecule has 0 saturated carbocycles. The molecule has 8 heteroatoms. The standard InChI is InChI=1S/C15H18F3NO4/c1-2-4-12(14(21)22)19-13(20)8-10-5-3-6-11(7-10)23-9-15(16,17)18/h3,5-7,12H,2,4,8-9H2,1H3,(H,19,20)(H,21,22). The lowest BCUT2D eigenvalue weighted by Gasteiger charge is -2.14. The van der Waals surface area contributed by atoms with E-state index in [0.29, 0.717) is 18.4 Å². The van der Waals surface area contributed by atoms with Gasteiger partial charge in [0.1, 0.15) is 11.8 Å². The van der Waals surface area contributed by atoms with Crippen LogP contribution in [0.2, 0.25) is 0 Å². The van der Waals surface area contributed by atoms with Gasteiger partial charge in [0.05, 0.1) is 6.42 Å². The third-order valence-electron chi connectivity index (χ3n) is 2.88. The third-order valence-corrected chi connectivity index (χ3v) is 2.88. The first-order chi connectivity index (χ1) is 10.7. The van der Waals surface area contributed by atoms with Crippen LogP contribution < -0.4 is 10.1 Å². The molecular weight excluding hydrogens is 315 g/mol. The molecule has 1 aromatic rings. The molecule has 0 fully saturated rings. The Hall–Kier alpha value is -2.25. The Labute approximate surface area is 131 Å². The molecule has 1 unspecified atom stereocenters. The lowest BCUT2D eigenvalue weighted by molar-refractivity contribution is -0.153. The van der Waals surface area contributed by atoms with Gasteiger partial charge in [-0.05, 0) is 24.1 Å². The van der Waals surface area contributed by atoms with E-state index in [1.807, 2.05) is 0 Å². The predicted molar refractivity (Wildman–Crippen MR) is 76.2 cm³/mol. The SMILES string of the molecule is CCCC(NC(=O)Cc1cccc(OCC(F)(F)F)c1)C(=O)O. The Bertz CT molecular complexity index is 546. The number of aliphatic carboxylic acids is 1. The van der Waals surface area contributed by atoms with Crippen LogP contribution in [0.1, 0.15) is 25.3 Å². The molecule has 2 N–H and O–H groups in total. The molecule has 0 bridgehead atoms. The summed E-state index contributed by atoms with van der Waals surface area (Å²) in [4.78, 5) is 22.8. The van der Waals surface area contributed by atoms with Crippen molar-refractivity contribution < 1.29 is 32.6 Å². The summed E-state index contributed by atoms with van der Waals surface area (Å²) in [5, 5.41) is 11.4. The molecule has 0 aromatic heterocycles. The van der Waals surface area contributed by atoms with Gasteiger partial charge in [0.25, 0.3) is 0 Å². The maximum absolute atomic E-state index is 12.1. The molecule has 0 spiro atoms. The normalized spacial score (nSPS) is 12.5. The Kier molecular flexibility index (Phi) is 6.87. The number of amides is 1. The molecule has 0 radical (unpaired) electrons. The number of hydrogen-bond donors (Lipinski definition) is 2. The van der Waals surface area contributed by atoms with Gasteiger partial charge in [0.15, 0.2) is 6.61 Å². The van der Waals surface area contributed by atoms with Crippen LogP contribution in [0.3, 0.4) is 0 Å². The van der Waals surface area contributed by atoms with E-state index in [0.717, 1.165) is 0 Å². The van der Waals surface area contributed by atoms with Crippen molar-refractivity contribution in [2.75, 3.05) is 6.61 Å². The van der Waals surface area contributed by atoms with E-state index in [1.165, 1.54) is 18.2 Å². The molecule has 0 heterocycles. The van der Waals surface area contributed by atoms with Crippen LogP contribution in [0, 0.1) is 0 Å². The second-order valence-corrected chi connectivity index (χ2v) is 4.98. The van der Waals surface area contributed by atoms with E-state index in [2.05, 4.69) is 10.1 Å². The Morgan fingerprint density at radius 3 is 2.61 bits per heavy atom. The van der Waals surface area contributed by atoms with E-state index in [1.54, 1.807) is 13.0 Å². The monoisotopic (exact) mass is 333 g/mol. The highest BCUT2D eigenvalue weighted by atomic mass is 19.4. The highest BCUT2D eigenvalue weighted by molar-refractivity contribution is 5.84. The molecule has 1 atom stereocenters. The van der Waals surface area contributed by atoms with Gasteiger partial charge in [0.2, 0.25) is 5.91 Å². The summed E-state index contributed by atoms with van der Waals surface area (Å²) in [7, 11) is 0. The molecule has 1 aromatic carbocycles. The van der Waals surface area contributed by atoms with Gasteiger partial charge in [-0.1, -0.05) is 25.5 Å². The average molecular weight is 333 g/mol. The number of carbonyl (C=O) groups is 2. The fourth-order valence-electron chi connectivity index (χ4n) is 1.89. The topological polar surface area (TPSA) is 75.6 Å². The van der Waals surface area contributed by atoms with Crippen molar-refractivity contribution in [2.45, 2.75) is 38.4 Å². The molecule has 0 saturated heterocycles. The van der Waals surface area contributed by atoms with Gasteiger partial charge in [-0.25, -0.2) is 4.79 Å². The summed E-state index contributed by atoms with van der Waals surface area (Å²) >= 11 is 0. The second-order valence-electron chi connectivity index (χ2n) is 4.98. The minimum absolute atomic E-state index is 0.00373. The quantitative estimate of drug-likeness (QED) is 0.766. The molecular formula is C15H18F3NO4. The Morgan fingerprint density at radius 1 is 1.35 bits per heavy atom. The highest BCUT2D eigenvalue weighted by Gasteiger charge is 2.28. The van der Waals surface area contributed by atoms with Crippen LogP contribution in [-0.4, -0.2) is 35.8 Å². The van der Waals surface area contributed by atoms with Gasteiger partial charge < -0.3 is 15.2 Å². The Balaban J connectivity index is 2.62. The number of nitrogens with one attached hydrogen (secondary N) is 1. The first kappa shape index (κ1) is 18.8. The summed E-state index contributed by atoms with van der Waals surface area (Å²) in [5.41, 5.74) is 0.433. The number of alkyl halides is 3. The molecule has 0 aliphatic rings. The maximum atomic E-state index is 12.1. The van der Waals surface area contributed by atoms with Crippen LogP contribution in [0.4, 0.5) is 13.2 Å². The van der Waals surface area contributed by atoms with Gasteiger partial charge in [-0.15, -0.1) is 0 Å². The molecule has 128 valence electrons. The van der Waals surface area contributed by atoms with Crippen LogP contribution in [0.5, 0.6) is 5.75 Å².